The van der Waals surface area contributed by atoms with Crippen LogP contribution in [0, 0.1) is 0 Å². The molecule has 1 saturated heterocycles. The fourth-order valence-electron chi connectivity index (χ4n) is 3.32. The van der Waals surface area contributed by atoms with Gasteiger partial charge in [-0.15, -0.1) is 24.0 Å². The zero-order chi connectivity index (χ0) is 19.1. The average Bonchev–Trinajstić information content (AvgIpc) is 3.40. The van der Waals surface area contributed by atoms with Crippen molar-refractivity contribution < 1.29 is 9.52 Å². The molecule has 2 heterocycles. The van der Waals surface area contributed by atoms with Crippen molar-refractivity contribution >= 4 is 35.6 Å². The summed E-state index contributed by atoms with van der Waals surface area (Å²) >= 11 is 0. The van der Waals surface area contributed by atoms with Crippen LogP contribution >= 0.6 is 24.0 Å². The Bertz CT molecular complexity index is 730. The number of furan rings is 1. The predicted octanol–water partition coefficient (Wildman–Crippen LogP) is 3.85. The summed E-state index contributed by atoms with van der Waals surface area (Å²) in [7, 11) is 0. The third-order valence-corrected chi connectivity index (χ3v) is 4.83. The molecule has 3 N–H and O–H groups in total. The van der Waals surface area contributed by atoms with E-state index in [-0.39, 0.29) is 36.6 Å². The summed E-state index contributed by atoms with van der Waals surface area (Å²) in [6.07, 6.45) is 3.35. The number of anilines is 1. The SMILES string of the molecule is CCNC(=NCC(O)c1ccco1)NC(C)c1cccc(N2CCCC2)c1.I. The Morgan fingerprint density at radius 3 is 2.71 bits per heavy atom. The zero-order valence-electron chi connectivity index (χ0n) is 16.6. The number of nitrogens with one attached hydrogen (secondary N) is 2. The zero-order valence-corrected chi connectivity index (χ0v) is 18.9. The van der Waals surface area contributed by atoms with Gasteiger partial charge in [0.05, 0.1) is 18.8 Å². The second kappa shape index (κ2) is 11.3. The molecule has 2 unspecified atom stereocenters. The van der Waals surface area contributed by atoms with Crippen molar-refractivity contribution in [2.75, 3.05) is 31.1 Å². The number of hydrogen-bond donors (Lipinski definition) is 3. The highest BCUT2D eigenvalue weighted by atomic mass is 127. The Hall–Kier alpha value is -1.74. The molecule has 0 bridgehead atoms. The van der Waals surface area contributed by atoms with E-state index in [0.29, 0.717) is 11.7 Å². The second-order valence-corrected chi connectivity index (χ2v) is 6.91. The highest BCUT2D eigenvalue weighted by molar-refractivity contribution is 14.0. The van der Waals surface area contributed by atoms with Crippen molar-refractivity contribution in [3.05, 3.63) is 54.0 Å². The van der Waals surface area contributed by atoms with Crippen LogP contribution in [0.4, 0.5) is 5.69 Å². The summed E-state index contributed by atoms with van der Waals surface area (Å²) in [4.78, 5) is 6.95. The highest BCUT2D eigenvalue weighted by Crippen LogP contribution is 2.24. The van der Waals surface area contributed by atoms with Crippen LogP contribution in [-0.4, -0.2) is 37.2 Å². The Labute approximate surface area is 184 Å². The van der Waals surface area contributed by atoms with Crippen LogP contribution in [0.25, 0.3) is 0 Å². The quantitative estimate of drug-likeness (QED) is 0.307. The summed E-state index contributed by atoms with van der Waals surface area (Å²) < 4.78 is 5.24. The molecule has 0 amide bonds. The van der Waals surface area contributed by atoms with Crippen LogP contribution in [0.2, 0.25) is 0 Å². The van der Waals surface area contributed by atoms with Gasteiger partial charge in [-0.1, -0.05) is 12.1 Å². The van der Waals surface area contributed by atoms with Crippen LogP contribution < -0.4 is 15.5 Å². The number of hydrogen-bond acceptors (Lipinski definition) is 4. The smallest absolute Gasteiger partial charge is 0.191 e. The summed E-state index contributed by atoms with van der Waals surface area (Å²) in [5, 5.41) is 16.8. The summed E-state index contributed by atoms with van der Waals surface area (Å²) in [5.41, 5.74) is 2.51. The molecule has 0 radical (unpaired) electrons. The van der Waals surface area contributed by atoms with Gasteiger partial charge in [-0.25, -0.2) is 0 Å². The van der Waals surface area contributed by atoms with E-state index in [0.717, 1.165) is 19.6 Å². The molecule has 0 aliphatic carbocycles. The minimum Gasteiger partial charge on any atom is -0.467 e. The number of halogens is 1. The fraction of sp³-hybridized carbons (Fsp3) is 0.476. The van der Waals surface area contributed by atoms with E-state index in [4.69, 9.17) is 4.42 Å². The lowest BCUT2D eigenvalue weighted by molar-refractivity contribution is 0.158. The van der Waals surface area contributed by atoms with Gasteiger partial charge in [0.1, 0.15) is 11.9 Å². The van der Waals surface area contributed by atoms with Gasteiger partial charge in [-0.2, -0.15) is 0 Å². The van der Waals surface area contributed by atoms with Crippen LogP contribution in [0.15, 0.2) is 52.1 Å². The van der Waals surface area contributed by atoms with Gasteiger partial charge >= 0.3 is 0 Å². The van der Waals surface area contributed by atoms with Gasteiger partial charge in [0.25, 0.3) is 0 Å². The molecule has 1 aliphatic heterocycles. The van der Waals surface area contributed by atoms with Crippen molar-refractivity contribution in [1.29, 1.82) is 0 Å². The molecule has 0 spiro atoms. The standard InChI is InChI=1S/C21H30N4O2.HI/c1-3-22-21(23-15-19(26)20-10-7-13-27-20)24-16(2)17-8-6-9-18(14-17)25-11-4-5-12-25;/h6-10,13-14,16,19,26H,3-5,11-12,15H2,1-2H3,(H2,22,23,24);1H. The molecule has 6 nitrogen and oxygen atoms in total. The Morgan fingerprint density at radius 2 is 2.04 bits per heavy atom. The van der Waals surface area contributed by atoms with E-state index in [1.807, 2.05) is 6.92 Å². The highest BCUT2D eigenvalue weighted by Gasteiger charge is 2.15. The Morgan fingerprint density at radius 1 is 1.25 bits per heavy atom. The molecule has 0 saturated carbocycles. The first-order valence-corrected chi connectivity index (χ1v) is 9.78. The number of nitrogens with zero attached hydrogens (tertiary/aromatic N) is 2. The van der Waals surface area contributed by atoms with E-state index in [2.05, 4.69) is 51.7 Å². The molecule has 1 aromatic carbocycles. The number of aliphatic hydroxyl groups excluding tert-OH is 1. The first kappa shape index (κ1) is 22.5. The van der Waals surface area contributed by atoms with Crippen LogP contribution in [0.5, 0.6) is 0 Å². The van der Waals surface area contributed by atoms with Crippen molar-refractivity contribution in [3.63, 3.8) is 0 Å². The summed E-state index contributed by atoms with van der Waals surface area (Å²) in [6, 6.07) is 12.3. The second-order valence-electron chi connectivity index (χ2n) is 6.91. The average molecular weight is 498 g/mol. The molecule has 154 valence electrons. The molecular formula is C21H31IN4O2. The third-order valence-electron chi connectivity index (χ3n) is 4.83. The molecule has 1 aromatic heterocycles. The minimum atomic E-state index is -0.746. The van der Waals surface area contributed by atoms with E-state index < -0.39 is 6.10 Å². The molecule has 2 atom stereocenters. The molecule has 7 heteroatoms. The van der Waals surface area contributed by atoms with Gasteiger partial charge in [0, 0.05) is 25.3 Å². The maximum Gasteiger partial charge on any atom is 0.191 e. The predicted molar refractivity (Wildman–Crippen MR) is 125 cm³/mol. The van der Waals surface area contributed by atoms with E-state index in [1.165, 1.54) is 24.1 Å². The molecule has 3 rings (SSSR count). The monoisotopic (exact) mass is 498 g/mol. The Balaban J connectivity index is 0.00000280. The molecular weight excluding hydrogens is 467 g/mol. The lowest BCUT2D eigenvalue weighted by Crippen LogP contribution is -2.39. The number of aliphatic hydroxyl groups is 1. The Kier molecular flexibility index (Phi) is 9.11. The van der Waals surface area contributed by atoms with E-state index >= 15 is 0 Å². The maximum atomic E-state index is 10.2. The third kappa shape index (κ3) is 6.13. The first-order chi connectivity index (χ1) is 13.2. The van der Waals surface area contributed by atoms with Crippen molar-refractivity contribution in [1.82, 2.24) is 10.6 Å². The molecule has 28 heavy (non-hydrogen) atoms. The van der Waals surface area contributed by atoms with Gasteiger partial charge in [0.2, 0.25) is 0 Å². The van der Waals surface area contributed by atoms with E-state index in [9.17, 15) is 5.11 Å². The molecule has 1 aliphatic rings. The van der Waals surface area contributed by atoms with Crippen LogP contribution in [0.3, 0.4) is 0 Å². The minimum absolute atomic E-state index is 0. The van der Waals surface area contributed by atoms with Gasteiger partial charge in [0.15, 0.2) is 5.96 Å². The fourth-order valence-corrected chi connectivity index (χ4v) is 3.32. The van der Waals surface area contributed by atoms with Crippen molar-refractivity contribution in [2.24, 2.45) is 4.99 Å². The summed E-state index contributed by atoms with van der Waals surface area (Å²) in [5.74, 6) is 1.21. The van der Waals surface area contributed by atoms with E-state index in [1.54, 1.807) is 18.4 Å². The number of guanidine groups is 1. The van der Waals surface area contributed by atoms with Gasteiger partial charge < -0.3 is 25.1 Å². The normalized spacial score (nSPS) is 16.4. The molecule has 1 fully saturated rings. The lowest BCUT2D eigenvalue weighted by atomic mass is 10.1. The van der Waals surface area contributed by atoms with Crippen LogP contribution in [-0.2, 0) is 0 Å². The number of benzene rings is 1. The lowest BCUT2D eigenvalue weighted by Gasteiger charge is -2.22. The topological polar surface area (TPSA) is 73.0 Å². The van der Waals surface area contributed by atoms with Crippen LogP contribution in [0.1, 0.15) is 50.2 Å². The van der Waals surface area contributed by atoms with Crippen molar-refractivity contribution in [2.45, 2.75) is 38.8 Å². The van der Waals surface area contributed by atoms with Gasteiger partial charge in [-0.05, 0) is 56.5 Å². The number of rotatable bonds is 7. The van der Waals surface area contributed by atoms with Gasteiger partial charge in [-0.3, -0.25) is 4.99 Å². The largest absolute Gasteiger partial charge is 0.467 e. The maximum absolute atomic E-state index is 10.2. The van der Waals surface area contributed by atoms with Crippen molar-refractivity contribution in [3.8, 4) is 0 Å². The summed E-state index contributed by atoms with van der Waals surface area (Å²) in [6.45, 7) is 7.42. The first-order valence-electron chi connectivity index (χ1n) is 9.78. The molecule has 2 aromatic rings. The number of aliphatic imine (C=N–C) groups is 1.